The van der Waals surface area contributed by atoms with E-state index in [9.17, 15) is 4.79 Å². The van der Waals surface area contributed by atoms with E-state index < -0.39 is 0 Å². The highest BCUT2D eigenvalue weighted by atomic mass is 32.1. The highest BCUT2D eigenvalue weighted by molar-refractivity contribution is 7.13. The lowest BCUT2D eigenvalue weighted by Crippen LogP contribution is -2.05. The molecule has 0 aromatic carbocycles. The number of aryl methyl sites for hydroxylation is 1. The second-order valence-electron chi connectivity index (χ2n) is 2.70. The first-order valence-corrected chi connectivity index (χ1v) is 5.42. The molecule has 0 spiro atoms. The first kappa shape index (κ1) is 11.0. The first-order valence-electron chi connectivity index (χ1n) is 4.54. The maximum atomic E-state index is 11.0. The average molecular weight is 214 g/mol. The van der Waals surface area contributed by atoms with Gasteiger partial charge in [-0.25, -0.2) is 4.98 Å². The number of aromatic nitrogens is 1. The van der Waals surface area contributed by atoms with Crippen LogP contribution < -0.4 is 5.32 Å². The number of rotatable bonds is 5. The van der Waals surface area contributed by atoms with Gasteiger partial charge in [0.1, 0.15) is 0 Å². The molecule has 0 aliphatic carbocycles. The average Bonchev–Trinajstić information content (AvgIpc) is 2.63. The maximum absolute atomic E-state index is 11.0. The summed E-state index contributed by atoms with van der Waals surface area (Å²) in [6, 6.07) is 0. The van der Waals surface area contributed by atoms with E-state index >= 15 is 0 Å². The lowest BCUT2D eigenvalue weighted by atomic mass is 10.2. The number of carbonyl (C=O) groups excluding carboxylic acids is 1. The Bertz CT molecular complexity index is 299. The highest BCUT2D eigenvalue weighted by Gasteiger charge is 2.05. The fourth-order valence-corrected chi connectivity index (χ4v) is 1.71. The number of hydrogen-bond acceptors (Lipinski definition) is 5. The summed E-state index contributed by atoms with van der Waals surface area (Å²) in [7, 11) is 1.83. The van der Waals surface area contributed by atoms with Crippen molar-refractivity contribution < 1.29 is 9.53 Å². The molecular formula is C9H14N2O2S. The third kappa shape index (κ3) is 3.33. The van der Waals surface area contributed by atoms with Gasteiger partial charge < -0.3 is 10.1 Å². The van der Waals surface area contributed by atoms with Crippen LogP contribution in [0.4, 0.5) is 5.13 Å². The lowest BCUT2D eigenvalue weighted by Gasteiger charge is -1.98. The van der Waals surface area contributed by atoms with Crippen molar-refractivity contribution in [2.75, 3.05) is 19.0 Å². The quantitative estimate of drug-likeness (QED) is 0.758. The van der Waals surface area contributed by atoms with Crippen molar-refractivity contribution >= 4 is 22.4 Å². The van der Waals surface area contributed by atoms with E-state index in [1.54, 1.807) is 18.3 Å². The van der Waals surface area contributed by atoms with Crippen molar-refractivity contribution in [1.29, 1.82) is 0 Å². The minimum Gasteiger partial charge on any atom is -0.466 e. The monoisotopic (exact) mass is 214 g/mol. The summed E-state index contributed by atoms with van der Waals surface area (Å²) < 4.78 is 4.82. The topological polar surface area (TPSA) is 51.2 Å². The summed E-state index contributed by atoms with van der Waals surface area (Å²) in [6.07, 6.45) is 1.05. The zero-order chi connectivity index (χ0) is 10.4. The molecule has 78 valence electrons. The number of hydrogen-bond donors (Lipinski definition) is 1. The number of nitrogens with one attached hydrogen (secondary N) is 1. The molecule has 0 saturated carbocycles. The summed E-state index contributed by atoms with van der Waals surface area (Å²) in [6.45, 7) is 2.25. The Labute approximate surface area is 87.3 Å². The second-order valence-corrected chi connectivity index (χ2v) is 3.56. The van der Waals surface area contributed by atoms with Crippen molar-refractivity contribution in [2.24, 2.45) is 0 Å². The molecular weight excluding hydrogens is 200 g/mol. The van der Waals surface area contributed by atoms with E-state index in [0.29, 0.717) is 19.4 Å². The third-order valence-corrected chi connectivity index (χ3v) is 2.56. The molecule has 1 aromatic heterocycles. The largest absolute Gasteiger partial charge is 0.466 e. The predicted octanol–water partition coefficient (Wildman–Crippen LogP) is 1.68. The highest BCUT2D eigenvalue weighted by Crippen LogP contribution is 2.15. The van der Waals surface area contributed by atoms with Gasteiger partial charge in [0.05, 0.1) is 18.7 Å². The van der Waals surface area contributed by atoms with Crippen LogP contribution in [-0.4, -0.2) is 24.6 Å². The van der Waals surface area contributed by atoms with Crippen LogP contribution in [0.1, 0.15) is 19.0 Å². The minimum absolute atomic E-state index is 0.161. The number of anilines is 1. The van der Waals surface area contributed by atoms with Gasteiger partial charge in [-0.05, 0) is 6.92 Å². The Morgan fingerprint density at radius 2 is 2.50 bits per heavy atom. The van der Waals surface area contributed by atoms with E-state index in [1.807, 2.05) is 12.4 Å². The number of ether oxygens (including phenoxy) is 1. The van der Waals surface area contributed by atoms with Crippen LogP contribution >= 0.6 is 11.3 Å². The number of esters is 1. The lowest BCUT2D eigenvalue weighted by molar-refractivity contribution is -0.143. The van der Waals surface area contributed by atoms with Crippen LogP contribution in [0.25, 0.3) is 0 Å². The maximum Gasteiger partial charge on any atom is 0.306 e. The van der Waals surface area contributed by atoms with Gasteiger partial charge in [-0.3, -0.25) is 4.79 Å². The van der Waals surface area contributed by atoms with Crippen LogP contribution in [0.15, 0.2) is 5.38 Å². The van der Waals surface area contributed by atoms with Gasteiger partial charge in [0, 0.05) is 18.8 Å². The molecule has 0 radical (unpaired) electrons. The molecule has 0 atom stereocenters. The molecule has 0 fully saturated rings. The fourth-order valence-electron chi connectivity index (χ4n) is 1.000. The summed E-state index contributed by atoms with van der Waals surface area (Å²) in [4.78, 5) is 15.3. The van der Waals surface area contributed by atoms with Gasteiger partial charge in [0.15, 0.2) is 5.13 Å². The summed E-state index contributed by atoms with van der Waals surface area (Å²) in [5.74, 6) is -0.161. The molecule has 0 saturated heterocycles. The van der Waals surface area contributed by atoms with Gasteiger partial charge in [-0.2, -0.15) is 0 Å². The molecule has 14 heavy (non-hydrogen) atoms. The zero-order valence-corrected chi connectivity index (χ0v) is 9.19. The van der Waals surface area contributed by atoms with E-state index in [0.717, 1.165) is 10.8 Å². The summed E-state index contributed by atoms with van der Waals surface area (Å²) in [5, 5.41) is 5.78. The molecule has 1 rings (SSSR count). The molecule has 1 N–H and O–H groups in total. The van der Waals surface area contributed by atoms with Crippen LogP contribution in [-0.2, 0) is 16.0 Å². The standard InChI is InChI=1S/C9H14N2O2S/c1-3-13-8(12)5-4-7-6-14-9(10-2)11-7/h6H,3-5H2,1-2H3,(H,10,11). The SMILES string of the molecule is CCOC(=O)CCc1csc(NC)n1. The molecule has 4 nitrogen and oxygen atoms in total. The van der Waals surface area contributed by atoms with Gasteiger partial charge in [-0.1, -0.05) is 0 Å². The number of nitrogens with zero attached hydrogens (tertiary/aromatic N) is 1. The van der Waals surface area contributed by atoms with Gasteiger partial charge in [-0.15, -0.1) is 11.3 Å². The number of thiazole rings is 1. The molecule has 0 bridgehead atoms. The molecule has 1 aromatic rings. The van der Waals surface area contributed by atoms with E-state index in [1.165, 1.54) is 0 Å². The van der Waals surface area contributed by atoms with Crippen molar-refractivity contribution in [3.63, 3.8) is 0 Å². The van der Waals surface area contributed by atoms with Crippen LogP contribution in [0.3, 0.4) is 0 Å². The smallest absolute Gasteiger partial charge is 0.306 e. The van der Waals surface area contributed by atoms with E-state index in [4.69, 9.17) is 4.74 Å². The molecule has 0 amide bonds. The predicted molar refractivity (Wildman–Crippen MR) is 56.6 cm³/mol. The van der Waals surface area contributed by atoms with Crippen molar-refractivity contribution in [1.82, 2.24) is 4.98 Å². The molecule has 0 aliphatic heterocycles. The Balaban J connectivity index is 2.34. The Kier molecular flexibility index (Phi) is 4.39. The second kappa shape index (κ2) is 5.59. The normalized spacial score (nSPS) is 9.86. The molecule has 1 heterocycles. The summed E-state index contributed by atoms with van der Waals surface area (Å²) >= 11 is 1.54. The van der Waals surface area contributed by atoms with Gasteiger partial charge in [0.2, 0.25) is 0 Å². The summed E-state index contributed by atoms with van der Waals surface area (Å²) in [5.41, 5.74) is 0.937. The Morgan fingerprint density at radius 3 is 3.07 bits per heavy atom. The van der Waals surface area contributed by atoms with Crippen molar-refractivity contribution in [3.05, 3.63) is 11.1 Å². The Morgan fingerprint density at radius 1 is 1.71 bits per heavy atom. The van der Waals surface area contributed by atoms with E-state index in [-0.39, 0.29) is 5.97 Å². The fraction of sp³-hybridized carbons (Fsp3) is 0.556. The van der Waals surface area contributed by atoms with Crippen LogP contribution in [0.2, 0.25) is 0 Å². The van der Waals surface area contributed by atoms with Crippen molar-refractivity contribution in [3.8, 4) is 0 Å². The third-order valence-electron chi connectivity index (χ3n) is 1.66. The Hall–Kier alpha value is -1.10. The first-order chi connectivity index (χ1) is 6.76. The molecule has 0 unspecified atom stereocenters. The molecule has 0 aliphatic rings. The minimum atomic E-state index is -0.161. The number of carbonyl (C=O) groups is 1. The van der Waals surface area contributed by atoms with Gasteiger partial charge >= 0.3 is 5.97 Å². The van der Waals surface area contributed by atoms with Crippen LogP contribution in [0.5, 0.6) is 0 Å². The van der Waals surface area contributed by atoms with Crippen LogP contribution in [0, 0.1) is 0 Å². The zero-order valence-electron chi connectivity index (χ0n) is 8.37. The van der Waals surface area contributed by atoms with Crippen molar-refractivity contribution in [2.45, 2.75) is 19.8 Å². The van der Waals surface area contributed by atoms with Gasteiger partial charge in [0.25, 0.3) is 0 Å². The molecule has 5 heteroatoms. The van der Waals surface area contributed by atoms with E-state index in [2.05, 4.69) is 10.3 Å².